The summed E-state index contributed by atoms with van der Waals surface area (Å²) in [6.07, 6.45) is 5.46. The third kappa shape index (κ3) is 4.77. The number of sulfonamides is 1. The molecule has 1 aromatic carbocycles. The summed E-state index contributed by atoms with van der Waals surface area (Å²) in [6.45, 7) is 0. The van der Waals surface area contributed by atoms with Gasteiger partial charge in [0.2, 0.25) is 5.91 Å². The van der Waals surface area contributed by atoms with E-state index < -0.39 is 10.0 Å². The third-order valence-corrected chi connectivity index (χ3v) is 6.42. The molecule has 26 heavy (non-hydrogen) atoms. The van der Waals surface area contributed by atoms with Crippen molar-refractivity contribution in [3.05, 3.63) is 35.8 Å². The predicted octanol–water partition coefficient (Wildman–Crippen LogP) is 2.95. The second-order valence-electron chi connectivity index (χ2n) is 5.89. The first-order valence-corrected chi connectivity index (χ1v) is 10.9. The third-order valence-electron chi connectivity index (χ3n) is 4.04. The Morgan fingerprint density at radius 2 is 1.88 bits per heavy atom. The van der Waals surface area contributed by atoms with Crippen LogP contribution in [-0.2, 0) is 14.8 Å². The lowest BCUT2D eigenvalue weighted by atomic mass is 10.1. The largest absolute Gasteiger partial charge is 0.332 e. The summed E-state index contributed by atoms with van der Waals surface area (Å²) in [6, 6.07) is 6.09. The molecule has 0 atom stereocenters. The van der Waals surface area contributed by atoms with E-state index in [1.54, 1.807) is 17.5 Å². The van der Waals surface area contributed by atoms with Crippen LogP contribution in [0.5, 0.6) is 0 Å². The van der Waals surface area contributed by atoms with Crippen molar-refractivity contribution in [3.8, 4) is 0 Å². The summed E-state index contributed by atoms with van der Waals surface area (Å²) >= 11 is 6.35. The minimum Gasteiger partial charge on any atom is -0.332 e. The Morgan fingerprint density at radius 3 is 2.50 bits per heavy atom. The first-order valence-electron chi connectivity index (χ1n) is 8.08. The van der Waals surface area contributed by atoms with Gasteiger partial charge in [-0.25, -0.2) is 13.4 Å². The number of hydrogen-bond donors (Lipinski definition) is 3. The van der Waals surface area contributed by atoms with Crippen molar-refractivity contribution >= 4 is 55.4 Å². The standard InChI is InChI=1S/C16H18N4O3S3/c21-14(11-3-1-2-4-11)19-15(24)18-12-5-7-13(8-6-12)26(22,23)20-16-17-9-10-25-16/h5-11H,1-4H2,(H,17,20)(H2,18,19,21,24). The second kappa shape index (κ2) is 8.11. The molecule has 1 heterocycles. The van der Waals surface area contributed by atoms with Crippen molar-refractivity contribution in [2.45, 2.75) is 30.6 Å². The molecule has 10 heteroatoms. The van der Waals surface area contributed by atoms with E-state index in [1.807, 2.05) is 0 Å². The molecule has 3 rings (SSSR count). The van der Waals surface area contributed by atoms with Gasteiger partial charge < -0.3 is 10.6 Å². The van der Waals surface area contributed by atoms with E-state index in [1.165, 1.54) is 29.7 Å². The highest BCUT2D eigenvalue weighted by atomic mass is 32.2. The zero-order chi connectivity index (χ0) is 18.6. The number of aromatic nitrogens is 1. The average molecular weight is 411 g/mol. The van der Waals surface area contributed by atoms with E-state index in [0.29, 0.717) is 10.8 Å². The fourth-order valence-corrected chi connectivity index (χ4v) is 4.74. The second-order valence-corrected chi connectivity index (χ2v) is 8.88. The zero-order valence-electron chi connectivity index (χ0n) is 13.8. The predicted molar refractivity (Wildman–Crippen MR) is 106 cm³/mol. The highest BCUT2D eigenvalue weighted by Crippen LogP contribution is 2.24. The van der Waals surface area contributed by atoms with Gasteiger partial charge in [0.05, 0.1) is 4.90 Å². The van der Waals surface area contributed by atoms with Gasteiger partial charge in [-0.05, 0) is 49.3 Å². The molecule has 1 amide bonds. The molecule has 3 N–H and O–H groups in total. The molecule has 0 spiro atoms. The molecule has 1 fully saturated rings. The summed E-state index contributed by atoms with van der Waals surface area (Å²) in [7, 11) is -3.69. The fraction of sp³-hybridized carbons (Fsp3) is 0.312. The van der Waals surface area contributed by atoms with Crippen LogP contribution in [0.3, 0.4) is 0 Å². The van der Waals surface area contributed by atoms with Gasteiger partial charge in [0.15, 0.2) is 10.2 Å². The van der Waals surface area contributed by atoms with Crippen LogP contribution in [0.4, 0.5) is 10.8 Å². The lowest BCUT2D eigenvalue weighted by Crippen LogP contribution is -2.37. The van der Waals surface area contributed by atoms with Gasteiger partial charge >= 0.3 is 0 Å². The van der Waals surface area contributed by atoms with Crippen molar-refractivity contribution < 1.29 is 13.2 Å². The molecule has 1 saturated carbocycles. The Labute approximate surface area is 161 Å². The van der Waals surface area contributed by atoms with Gasteiger partial charge in [0.25, 0.3) is 10.0 Å². The van der Waals surface area contributed by atoms with Gasteiger partial charge in [-0.1, -0.05) is 12.8 Å². The molecule has 0 bridgehead atoms. The van der Waals surface area contributed by atoms with Crippen LogP contribution in [0.25, 0.3) is 0 Å². The molecule has 1 aromatic heterocycles. The van der Waals surface area contributed by atoms with E-state index in [4.69, 9.17) is 12.2 Å². The van der Waals surface area contributed by atoms with Crippen LogP contribution in [0.1, 0.15) is 25.7 Å². The molecular weight excluding hydrogens is 392 g/mol. The van der Waals surface area contributed by atoms with Crippen molar-refractivity contribution in [3.63, 3.8) is 0 Å². The van der Waals surface area contributed by atoms with Crippen molar-refractivity contribution in [1.82, 2.24) is 10.3 Å². The summed E-state index contributed by atoms with van der Waals surface area (Å²) in [5.74, 6) is -0.0361. The number of nitrogens with zero attached hydrogens (tertiary/aromatic N) is 1. The number of hydrogen-bond acceptors (Lipinski definition) is 6. The summed E-state index contributed by atoms with van der Waals surface area (Å²) in [5, 5.41) is 7.78. The van der Waals surface area contributed by atoms with E-state index >= 15 is 0 Å². The Kier molecular flexibility index (Phi) is 5.84. The number of nitrogens with one attached hydrogen (secondary N) is 3. The highest BCUT2D eigenvalue weighted by molar-refractivity contribution is 7.93. The monoisotopic (exact) mass is 410 g/mol. The minimum absolute atomic E-state index is 0.0270. The maximum Gasteiger partial charge on any atom is 0.263 e. The van der Waals surface area contributed by atoms with E-state index in [2.05, 4.69) is 20.3 Å². The molecule has 7 nitrogen and oxygen atoms in total. The number of benzene rings is 1. The number of thiazole rings is 1. The highest BCUT2D eigenvalue weighted by Gasteiger charge is 2.23. The molecule has 0 saturated heterocycles. The smallest absolute Gasteiger partial charge is 0.263 e. The van der Waals surface area contributed by atoms with E-state index in [9.17, 15) is 13.2 Å². The quantitative estimate of drug-likeness (QED) is 0.656. The van der Waals surface area contributed by atoms with Gasteiger partial charge in [-0.15, -0.1) is 11.3 Å². The van der Waals surface area contributed by atoms with E-state index in [-0.39, 0.29) is 21.8 Å². The Morgan fingerprint density at radius 1 is 1.19 bits per heavy atom. The summed E-state index contributed by atoms with van der Waals surface area (Å²) in [4.78, 5) is 16.1. The normalized spacial score (nSPS) is 14.8. The Balaban J connectivity index is 1.58. The topological polar surface area (TPSA) is 100 Å². The molecule has 0 aliphatic heterocycles. The number of thiocarbonyl (C=S) groups is 1. The van der Waals surface area contributed by atoms with Crippen LogP contribution in [0, 0.1) is 5.92 Å². The first-order chi connectivity index (χ1) is 12.4. The van der Waals surface area contributed by atoms with Crippen LogP contribution >= 0.6 is 23.6 Å². The average Bonchev–Trinajstić information content (AvgIpc) is 3.28. The summed E-state index contributed by atoms with van der Waals surface area (Å²) < 4.78 is 27.0. The van der Waals surface area contributed by atoms with Gasteiger partial charge in [-0.2, -0.15) is 0 Å². The molecule has 0 radical (unpaired) electrons. The zero-order valence-corrected chi connectivity index (χ0v) is 16.2. The number of carbonyl (C=O) groups is 1. The maximum atomic E-state index is 12.3. The molecule has 1 aliphatic carbocycles. The lowest BCUT2D eigenvalue weighted by molar-refractivity contribution is -0.123. The van der Waals surface area contributed by atoms with Crippen LogP contribution in [-0.4, -0.2) is 24.4 Å². The number of anilines is 2. The fourth-order valence-electron chi connectivity index (χ4n) is 2.73. The number of carbonyl (C=O) groups excluding carboxylic acids is 1. The van der Waals surface area contributed by atoms with Crippen molar-refractivity contribution in [1.29, 1.82) is 0 Å². The maximum absolute atomic E-state index is 12.3. The Hall–Kier alpha value is -2.04. The number of amides is 1. The van der Waals surface area contributed by atoms with Gasteiger partial charge in [0, 0.05) is 23.2 Å². The molecule has 1 aliphatic rings. The van der Waals surface area contributed by atoms with Gasteiger partial charge in [0.1, 0.15) is 0 Å². The van der Waals surface area contributed by atoms with Crippen molar-refractivity contribution in [2.24, 2.45) is 5.92 Å². The Bertz CT molecular complexity index is 874. The van der Waals surface area contributed by atoms with Crippen LogP contribution in [0.2, 0.25) is 0 Å². The molecular formula is C16H18N4O3S3. The lowest BCUT2D eigenvalue weighted by Gasteiger charge is -2.13. The summed E-state index contributed by atoms with van der Waals surface area (Å²) in [5.41, 5.74) is 0.593. The SMILES string of the molecule is O=C(NC(=S)Nc1ccc(S(=O)(=O)Nc2nccs2)cc1)C1CCCC1. The molecule has 0 unspecified atom stereocenters. The van der Waals surface area contributed by atoms with Crippen LogP contribution in [0.15, 0.2) is 40.7 Å². The minimum atomic E-state index is -3.69. The number of rotatable bonds is 5. The van der Waals surface area contributed by atoms with Gasteiger partial charge in [-0.3, -0.25) is 9.52 Å². The molecule has 138 valence electrons. The molecule has 2 aromatic rings. The van der Waals surface area contributed by atoms with Crippen molar-refractivity contribution in [2.75, 3.05) is 10.0 Å². The first kappa shape index (κ1) is 18.7. The van der Waals surface area contributed by atoms with E-state index in [0.717, 1.165) is 25.7 Å². The van der Waals surface area contributed by atoms with Crippen LogP contribution < -0.4 is 15.4 Å².